The number of carbonyl (C=O) groups is 1. The molecule has 3 nitrogen and oxygen atoms in total. The number of hydrogen-bond donors (Lipinski definition) is 1. The number of thiophene rings is 1. The Morgan fingerprint density at radius 3 is 2.86 bits per heavy atom. The van der Waals surface area contributed by atoms with Crippen LogP contribution in [0.25, 0.3) is 0 Å². The minimum absolute atomic E-state index is 0.0448. The molecule has 1 aromatic carbocycles. The van der Waals surface area contributed by atoms with Crippen molar-refractivity contribution in [3.05, 3.63) is 52.2 Å². The van der Waals surface area contributed by atoms with Crippen molar-refractivity contribution in [1.29, 1.82) is 0 Å². The molecule has 108 valence electrons. The Kier molecular flexibility index (Phi) is 5.29. The van der Waals surface area contributed by atoms with Crippen LogP contribution in [0, 0.1) is 23.5 Å². The van der Waals surface area contributed by atoms with E-state index in [-0.39, 0.29) is 24.8 Å². The molecule has 1 aromatic heterocycles. The molecule has 0 radical (unpaired) electrons. The quantitative estimate of drug-likeness (QED) is 0.882. The molecule has 6 heteroatoms. The Morgan fingerprint density at radius 1 is 1.29 bits per heavy atom. The number of amides is 1. The van der Waals surface area contributed by atoms with E-state index in [1.807, 2.05) is 5.38 Å². The summed E-state index contributed by atoms with van der Waals surface area (Å²) in [5.41, 5.74) is 0.589. The first-order chi connectivity index (χ1) is 10.2. The van der Waals surface area contributed by atoms with Gasteiger partial charge in [-0.2, -0.15) is 11.3 Å². The predicted octanol–water partition coefficient (Wildman–Crippen LogP) is 2.84. The molecular formula is C15H11F2NO2S. The van der Waals surface area contributed by atoms with E-state index < -0.39 is 11.6 Å². The maximum atomic E-state index is 13.2. The van der Waals surface area contributed by atoms with Gasteiger partial charge in [0.15, 0.2) is 11.6 Å². The van der Waals surface area contributed by atoms with Gasteiger partial charge in [-0.05, 0) is 23.6 Å². The largest absolute Gasteiger partial charge is 0.478 e. The molecule has 0 saturated carbocycles. The van der Waals surface area contributed by atoms with Crippen LogP contribution >= 0.6 is 11.3 Å². The van der Waals surface area contributed by atoms with Crippen LogP contribution in [0.2, 0.25) is 0 Å². The topological polar surface area (TPSA) is 38.3 Å². The number of halogens is 2. The number of benzene rings is 1. The molecule has 0 spiro atoms. The van der Waals surface area contributed by atoms with Gasteiger partial charge >= 0.3 is 0 Å². The summed E-state index contributed by atoms with van der Waals surface area (Å²) in [7, 11) is 0. The van der Waals surface area contributed by atoms with Crippen LogP contribution in [0.1, 0.15) is 10.4 Å². The van der Waals surface area contributed by atoms with E-state index >= 15 is 0 Å². The molecule has 0 saturated heterocycles. The molecule has 0 fully saturated rings. The molecule has 0 aliphatic rings. The molecule has 1 N–H and O–H groups in total. The first-order valence-electron chi connectivity index (χ1n) is 6.01. The van der Waals surface area contributed by atoms with Crippen LogP contribution in [0.3, 0.4) is 0 Å². The van der Waals surface area contributed by atoms with Gasteiger partial charge in [-0.3, -0.25) is 4.79 Å². The maximum Gasteiger partial charge on any atom is 0.252 e. The standard InChI is InChI=1S/C15H11F2NO2S/c16-12-3-4-14(13(17)9-12)20-7-2-1-6-18-15(19)11-5-8-21-10-11/h3-5,8-10H,6-7H2,(H,18,19). The highest BCUT2D eigenvalue weighted by molar-refractivity contribution is 7.08. The summed E-state index contributed by atoms with van der Waals surface area (Å²) in [6.07, 6.45) is 0. The molecule has 2 aromatic rings. The second-order valence-electron chi connectivity index (χ2n) is 3.91. The van der Waals surface area contributed by atoms with Gasteiger partial charge in [0.05, 0.1) is 12.1 Å². The summed E-state index contributed by atoms with van der Waals surface area (Å²) in [4.78, 5) is 11.5. The summed E-state index contributed by atoms with van der Waals surface area (Å²) in [5, 5.41) is 6.17. The van der Waals surface area contributed by atoms with Crippen molar-refractivity contribution < 1.29 is 18.3 Å². The summed E-state index contributed by atoms with van der Waals surface area (Å²) in [5.74, 6) is 3.61. The molecule has 1 heterocycles. The van der Waals surface area contributed by atoms with Crippen molar-refractivity contribution in [3.63, 3.8) is 0 Å². The average Bonchev–Trinajstić information content (AvgIpc) is 2.98. The van der Waals surface area contributed by atoms with E-state index in [2.05, 4.69) is 17.2 Å². The molecule has 0 aliphatic carbocycles. The van der Waals surface area contributed by atoms with Crippen LogP contribution < -0.4 is 10.1 Å². The minimum Gasteiger partial charge on any atom is -0.478 e. The number of hydrogen-bond acceptors (Lipinski definition) is 3. The summed E-state index contributed by atoms with van der Waals surface area (Å²) < 4.78 is 30.9. The Hall–Kier alpha value is -2.39. The van der Waals surface area contributed by atoms with Crippen molar-refractivity contribution in [2.24, 2.45) is 0 Å². The van der Waals surface area contributed by atoms with Crippen molar-refractivity contribution in [3.8, 4) is 17.6 Å². The van der Waals surface area contributed by atoms with Crippen molar-refractivity contribution in [2.45, 2.75) is 0 Å². The van der Waals surface area contributed by atoms with Crippen LogP contribution in [0.15, 0.2) is 35.0 Å². The Balaban J connectivity index is 1.73. The predicted molar refractivity (Wildman–Crippen MR) is 76.3 cm³/mol. The van der Waals surface area contributed by atoms with Gasteiger partial charge in [-0.1, -0.05) is 11.8 Å². The first-order valence-corrected chi connectivity index (χ1v) is 6.95. The lowest BCUT2D eigenvalue weighted by Gasteiger charge is -2.02. The van der Waals surface area contributed by atoms with E-state index in [1.165, 1.54) is 17.4 Å². The fraction of sp³-hybridized carbons (Fsp3) is 0.133. The van der Waals surface area contributed by atoms with E-state index in [4.69, 9.17) is 4.74 Å². The second-order valence-corrected chi connectivity index (χ2v) is 4.69. The smallest absolute Gasteiger partial charge is 0.252 e. The van der Waals surface area contributed by atoms with Gasteiger partial charge in [-0.25, -0.2) is 8.78 Å². The van der Waals surface area contributed by atoms with E-state index in [0.717, 1.165) is 12.1 Å². The van der Waals surface area contributed by atoms with Crippen LogP contribution in [-0.4, -0.2) is 19.1 Å². The monoisotopic (exact) mass is 307 g/mol. The Bertz CT molecular complexity index is 675. The molecule has 0 aliphatic heterocycles. The number of ether oxygens (including phenoxy) is 1. The fourth-order valence-electron chi connectivity index (χ4n) is 1.44. The van der Waals surface area contributed by atoms with E-state index in [9.17, 15) is 13.6 Å². The van der Waals surface area contributed by atoms with Crippen molar-refractivity contribution in [2.75, 3.05) is 13.2 Å². The van der Waals surface area contributed by atoms with Gasteiger partial charge in [-0.15, -0.1) is 0 Å². The first kappa shape index (κ1) is 15.0. The molecule has 0 bridgehead atoms. The third kappa shape index (κ3) is 4.58. The normalized spacial score (nSPS) is 9.62. The lowest BCUT2D eigenvalue weighted by molar-refractivity contribution is 0.0959. The SMILES string of the molecule is O=C(NCC#CCOc1ccc(F)cc1F)c1ccsc1. The zero-order valence-electron chi connectivity index (χ0n) is 10.9. The van der Waals surface area contributed by atoms with Gasteiger partial charge in [0.2, 0.25) is 0 Å². The minimum atomic E-state index is -0.775. The number of nitrogens with one attached hydrogen (secondary N) is 1. The van der Waals surface area contributed by atoms with E-state index in [0.29, 0.717) is 5.56 Å². The van der Waals surface area contributed by atoms with Crippen LogP contribution in [-0.2, 0) is 0 Å². The van der Waals surface area contributed by atoms with Gasteiger partial charge in [0.25, 0.3) is 5.91 Å². The lowest BCUT2D eigenvalue weighted by Crippen LogP contribution is -2.23. The van der Waals surface area contributed by atoms with Crippen LogP contribution in [0.5, 0.6) is 5.75 Å². The molecule has 2 rings (SSSR count). The molecule has 1 amide bonds. The third-order valence-electron chi connectivity index (χ3n) is 2.44. The Morgan fingerprint density at radius 2 is 2.14 bits per heavy atom. The third-order valence-corrected chi connectivity index (χ3v) is 3.12. The second kappa shape index (κ2) is 7.41. The zero-order chi connectivity index (χ0) is 15.1. The van der Waals surface area contributed by atoms with Crippen molar-refractivity contribution in [1.82, 2.24) is 5.32 Å². The maximum absolute atomic E-state index is 13.2. The number of rotatable bonds is 4. The highest BCUT2D eigenvalue weighted by atomic mass is 32.1. The summed E-state index contributed by atoms with van der Waals surface area (Å²) >= 11 is 1.44. The molecular weight excluding hydrogens is 296 g/mol. The highest BCUT2D eigenvalue weighted by Gasteiger charge is 2.04. The summed E-state index contributed by atoms with van der Waals surface area (Å²) in [6.45, 7) is 0.126. The highest BCUT2D eigenvalue weighted by Crippen LogP contribution is 2.17. The van der Waals surface area contributed by atoms with Gasteiger partial charge in [0.1, 0.15) is 12.4 Å². The number of carbonyl (C=O) groups excluding carboxylic acids is 1. The molecule has 0 unspecified atom stereocenters. The zero-order valence-corrected chi connectivity index (χ0v) is 11.7. The Labute approximate surface area is 124 Å². The van der Waals surface area contributed by atoms with Gasteiger partial charge < -0.3 is 10.1 Å². The lowest BCUT2D eigenvalue weighted by atomic mass is 10.3. The van der Waals surface area contributed by atoms with Crippen LogP contribution in [0.4, 0.5) is 8.78 Å². The van der Waals surface area contributed by atoms with Crippen molar-refractivity contribution >= 4 is 17.2 Å². The molecule has 21 heavy (non-hydrogen) atoms. The van der Waals surface area contributed by atoms with E-state index in [1.54, 1.807) is 11.4 Å². The molecule has 0 atom stereocenters. The van der Waals surface area contributed by atoms with Gasteiger partial charge in [0, 0.05) is 11.4 Å². The summed E-state index contributed by atoms with van der Waals surface area (Å²) in [6, 6.07) is 4.76. The fourth-order valence-corrected chi connectivity index (χ4v) is 2.08. The average molecular weight is 307 g/mol.